The summed E-state index contributed by atoms with van der Waals surface area (Å²) in [6, 6.07) is 14.0. The van der Waals surface area contributed by atoms with Crippen molar-refractivity contribution in [3.05, 3.63) is 53.6 Å². The third kappa shape index (κ3) is 4.17. The van der Waals surface area contributed by atoms with Gasteiger partial charge in [-0.1, -0.05) is 17.7 Å². The van der Waals surface area contributed by atoms with E-state index in [2.05, 4.69) is 5.32 Å². The van der Waals surface area contributed by atoms with Crippen molar-refractivity contribution in [3.63, 3.8) is 0 Å². The summed E-state index contributed by atoms with van der Waals surface area (Å²) in [6.45, 7) is 3.46. The number of likely N-dealkylation sites (tertiary alicyclic amines) is 1. The molecule has 1 amide bonds. The second kappa shape index (κ2) is 8.23. The summed E-state index contributed by atoms with van der Waals surface area (Å²) in [4.78, 5) is 13.8. The number of quaternary nitrogens is 1. The van der Waals surface area contributed by atoms with Crippen LogP contribution in [0, 0.1) is 6.92 Å². The van der Waals surface area contributed by atoms with Crippen molar-refractivity contribution in [2.24, 2.45) is 0 Å². The Bertz CT molecular complexity index is 758. The summed E-state index contributed by atoms with van der Waals surface area (Å²) in [5.74, 6) is 1.71. The molecule has 138 valence electrons. The molecule has 0 bridgehead atoms. The molecule has 1 saturated heterocycles. The zero-order chi connectivity index (χ0) is 18.5. The molecule has 2 atom stereocenters. The first-order valence-corrected chi connectivity index (χ1v) is 9.03. The number of methoxy groups -OCH3 is 2. The molecule has 2 aromatic carbocycles. The fourth-order valence-electron chi connectivity index (χ4n) is 3.66. The number of hydrogen-bond donors (Lipinski definition) is 2. The van der Waals surface area contributed by atoms with Crippen LogP contribution in [0.2, 0.25) is 0 Å². The van der Waals surface area contributed by atoms with E-state index < -0.39 is 0 Å². The zero-order valence-corrected chi connectivity index (χ0v) is 15.7. The SMILES string of the molecule is COc1ccc(OC)c([C@@H]2CCC[NH+]2CC(=O)Nc2ccc(C)cc2)c1. The molecule has 1 heterocycles. The fourth-order valence-corrected chi connectivity index (χ4v) is 3.66. The van der Waals surface area contributed by atoms with Crippen LogP contribution in [-0.2, 0) is 4.79 Å². The molecule has 0 aliphatic carbocycles. The molecule has 3 rings (SSSR count). The molecule has 0 spiro atoms. The maximum atomic E-state index is 12.5. The molecular formula is C21H27N2O3+. The number of aryl methyl sites for hydroxylation is 1. The van der Waals surface area contributed by atoms with Crippen molar-refractivity contribution in [2.45, 2.75) is 25.8 Å². The summed E-state index contributed by atoms with van der Waals surface area (Å²) in [5.41, 5.74) is 3.13. The topological polar surface area (TPSA) is 52.0 Å². The maximum Gasteiger partial charge on any atom is 0.279 e. The lowest BCUT2D eigenvalue weighted by Crippen LogP contribution is -3.11. The van der Waals surface area contributed by atoms with Crippen LogP contribution in [0.4, 0.5) is 5.69 Å². The minimum atomic E-state index is 0.0395. The molecular weight excluding hydrogens is 328 g/mol. The highest BCUT2D eigenvalue weighted by molar-refractivity contribution is 5.91. The molecule has 1 aliphatic rings. The summed E-state index contributed by atoms with van der Waals surface area (Å²) < 4.78 is 10.9. The number of ether oxygens (including phenoxy) is 2. The normalized spacial score (nSPS) is 19.2. The molecule has 0 saturated carbocycles. The van der Waals surface area contributed by atoms with E-state index in [1.165, 1.54) is 10.5 Å². The van der Waals surface area contributed by atoms with E-state index >= 15 is 0 Å². The first-order chi connectivity index (χ1) is 12.6. The van der Waals surface area contributed by atoms with Gasteiger partial charge < -0.3 is 19.7 Å². The number of rotatable bonds is 6. The number of hydrogen-bond acceptors (Lipinski definition) is 3. The van der Waals surface area contributed by atoms with Crippen LogP contribution in [-0.4, -0.2) is 33.2 Å². The molecule has 0 radical (unpaired) electrons. The van der Waals surface area contributed by atoms with Gasteiger partial charge in [0.25, 0.3) is 5.91 Å². The molecule has 1 unspecified atom stereocenters. The molecule has 5 heteroatoms. The second-order valence-electron chi connectivity index (χ2n) is 6.80. The fraction of sp³-hybridized carbons (Fsp3) is 0.381. The number of carbonyl (C=O) groups is 1. The van der Waals surface area contributed by atoms with Crippen LogP contribution in [0.5, 0.6) is 11.5 Å². The lowest BCUT2D eigenvalue weighted by molar-refractivity contribution is -0.910. The van der Waals surface area contributed by atoms with Crippen LogP contribution in [0.15, 0.2) is 42.5 Å². The largest absolute Gasteiger partial charge is 0.497 e. The van der Waals surface area contributed by atoms with Gasteiger partial charge in [0.1, 0.15) is 17.5 Å². The quantitative estimate of drug-likeness (QED) is 0.836. The van der Waals surface area contributed by atoms with Gasteiger partial charge in [0, 0.05) is 18.5 Å². The van der Waals surface area contributed by atoms with Gasteiger partial charge in [0.05, 0.1) is 26.3 Å². The zero-order valence-electron chi connectivity index (χ0n) is 15.7. The van der Waals surface area contributed by atoms with Gasteiger partial charge in [-0.25, -0.2) is 0 Å². The lowest BCUT2D eigenvalue weighted by Gasteiger charge is -2.23. The van der Waals surface area contributed by atoms with E-state index in [1.54, 1.807) is 14.2 Å². The predicted octanol–water partition coefficient (Wildman–Crippen LogP) is 2.37. The van der Waals surface area contributed by atoms with Gasteiger partial charge >= 0.3 is 0 Å². The van der Waals surface area contributed by atoms with E-state index in [0.29, 0.717) is 6.54 Å². The first kappa shape index (κ1) is 18.3. The maximum absolute atomic E-state index is 12.5. The van der Waals surface area contributed by atoms with Crippen LogP contribution >= 0.6 is 0 Å². The Morgan fingerprint density at radius 3 is 2.62 bits per heavy atom. The highest BCUT2D eigenvalue weighted by Gasteiger charge is 2.33. The van der Waals surface area contributed by atoms with Gasteiger partial charge in [-0.3, -0.25) is 4.79 Å². The molecule has 5 nitrogen and oxygen atoms in total. The molecule has 1 fully saturated rings. The highest BCUT2D eigenvalue weighted by Crippen LogP contribution is 2.31. The van der Waals surface area contributed by atoms with E-state index in [4.69, 9.17) is 9.47 Å². The molecule has 2 aromatic rings. The van der Waals surface area contributed by atoms with Gasteiger partial charge in [0.2, 0.25) is 0 Å². The molecule has 2 N–H and O–H groups in total. The number of amides is 1. The van der Waals surface area contributed by atoms with Crippen molar-refractivity contribution in [3.8, 4) is 11.5 Å². The minimum Gasteiger partial charge on any atom is -0.497 e. The molecule has 26 heavy (non-hydrogen) atoms. The minimum absolute atomic E-state index is 0.0395. The summed E-state index contributed by atoms with van der Waals surface area (Å²) in [7, 11) is 3.35. The lowest BCUT2D eigenvalue weighted by atomic mass is 10.0. The average Bonchev–Trinajstić information content (AvgIpc) is 3.10. The van der Waals surface area contributed by atoms with Gasteiger partial charge in [-0.2, -0.15) is 0 Å². The Hall–Kier alpha value is -2.53. The Morgan fingerprint density at radius 2 is 1.92 bits per heavy atom. The Balaban J connectivity index is 1.72. The van der Waals surface area contributed by atoms with Crippen LogP contribution in [0.25, 0.3) is 0 Å². The second-order valence-corrected chi connectivity index (χ2v) is 6.80. The Kier molecular flexibility index (Phi) is 5.78. The number of benzene rings is 2. The Labute approximate surface area is 154 Å². The van der Waals surface area contributed by atoms with Crippen molar-refractivity contribution < 1.29 is 19.2 Å². The predicted molar refractivity (Wildman–Crippen MR) is 102 cm³/mol. The number of nitrogens with one attached hydrogen (secondary N) is 2. The number of carbonyl (C=O) groups excluding carboxylic acids is 1. The van der Waals surface area contributed by atoms with E-state index in [0.717, 1.165) is 42.1 Å². The third-order valence-corrected chi connectivity index (χ3v) is 5.02. The highest BCUT2D eigenvalue weighted by atomic mass is 16.5. The first-order valence-electron chi connectivity index (χ1n) is 9.03. The van der Waals surface area contributed by atoms with E-state index in [1.807, 2.05) is 49.4 Å². The summed E-state index contributed by atoms with van der Waals surface area (Å²) >= 11 is 0. The molecule has 1 aliphatic heterocycles. The van der Waals surface area contributed by atoms with Crippen molar-refractivity contribution in [1.29, 1.82) is 0 Å². The van der Waals surface area contributed by atoms with E-state index in [-0.39, 0.29) is 11.9 Å². The molecule has 0 aromatic heterocycles. The van der Waals surface area contributed by atoms with Gasteiger partial charge in [-0.15, -0.1) is 0 Å². The standard InChI is InChI=1S/C21H26N2O3/c1-15-6-8-16(9-7-15)22-21(24)14-23-12-4-5-19(23)18-13-17(25-2)10-11-20(18)26-3/h6-11,13,19H,4-5,12,14H2,1-3H3,(H,22,24)/p+1/t19-/m0/s1. The van der Waals surface area contributed by atoms with Crippen molar-refractivity contribution in [2.75, 3.05) is 32.6 Å². The third-order valence-electron chi connectivity index (χ3n) is 5.02. The van der Waals surface area contributed by atoms with Crippen molar-refractivity contribution >= 4 is 11.6 Å². The Morgan fingerprint density at radius 1 is 1.15 bits per heavy atom. The van der Waals surface area contributed by atoms with Crippen molar-refractivity contribution in [1.82, 2.24) is 0 Å². The van der Waals surface area contributed by atoms with Crippen LogP contribution in [0.3, 0.4) is 0 Å². The smallest absolute Gasteiger partial charge is 0.279 e. The average molecular weight is 355 g/mol. The van der Waals surface area contributed by atoms with Crippen LogP contribution in [0.1, 0.15) is 30.0 Å². The van der Waals surface area contributed by atoms with Gasteiger partial charge in [0.15, 0.2) is 6.54 Å². The monoisotopic (exact) mass is 355 g/mol. The number of anilines is 1. The van der Waals surface area contributed by atoms with Crippen LogP contribution < -0.4 is 19.7 Å². The summed E-state index contributed by atoms with van der Waals surface area (Å²) in [6.07, 6.45) is 2.13. The van der Waals surface area contributed by atoms with E-state index in [9.17, 15) is 4.79 Å². The van der Waals surface area contributed by atoms with Gasteiger partial charge in [-0.05, 0) is 37.3 Å². The summed E-state index contributed by atoms with van der Waals surface area (Å²) in [5, 5.41) is 3.00.